The van der Waals surface area contributed by atoms with Crippen LogP contribution in [0.2, 0.25) is 0 Å². The van der Waals surface area contributed by atoms with Gasteiger partial charge in [0.05, 0.1) is 9.82 Å². The van der Waals surface area contributed by atoms with Gasteiger partial charge in [-0.15, -0.1) is 0 Å². The molecule has 0 spiro atoms. The van der Waals surface area contributed by atoms with Crippen LogP contribution in [0.3, 0.4) is 0 Å². The molecule has 0 aliphatic rings. The van der Waals surface area contributed by atoms with Gasteiger partial charge in [-0.05, 0) is 31.6 Å². The maximum atomic E-state index is 11.4. The molecular weight excluding hydrogens is 282 g/mol. The molecular formula is C12H19N3O4S. The Morgan fingerprint density at radius 2 is 2.00 bits per heavy atom. The predicted molar refractivity (Wildman–Crippen MR) is 77.8 cm³/mol. The first-order valence-electron chi connectivity index (χ1n) is 6.12. The van der Waals surface area contributed by atoms with Crippen LogP contribution in [-0.4, -0.2) is 39.7 Å². The van der Waals surface area contributed by atoms with E-state index in [0.717, 1.165) is 18.9 Å². The van der Waals surface area contributed by atoms with Crippen molar-refractivity contribution >= 4 is 21.2 Å². The second kappa shape index (κ2) is 6.67. The number of sulfone groups is 1. The Balaban J connectivity index is 3.00. The fourth-order valence-electron chi connectivity index (χ4n) is 1.75. The Morgan fingerprint density at radius 3 is 2.50 bits per heavy atom. The van der Waals surface area contributed by atoms with Crippen LogP contribution in [0.25, 0.3) is 0 Å². The second-order valence-corrected chi connectivity index (χ2v) is 6.77. The molecule has 112 valence electrons. The molecule has 0 aliphatic carbocycles. The van der Waals surface area contributed by atoms with E-state index in [0.29, 0.717) is 12.2 Å². The van der Waals surface area contributed by atoms with E-state index < -0.39 is 14.8 Å². The molecule has 0 bridgehead atoms. The largest absolute Gasteiger partial charge is 0.379 e. The molecule has 7 nitrogen and oxygen atoms in total. The molecule has 0 saturated heterocycles. The first-order chi connectivity index (χ1) is 9.25. The van der Waals surface area contributed by atoms with Crippen molar-refractivity contribution in [3.63, 3.8) is 0 Å². The van der Waals surface area contributed by atoms with Crippen LogP contribution in [-0.2, 0) is 9.84 Å². The molecule has 20 heavy (non-hydrogen) atoms. The summed E-state index contributed by atoms with van der Waals surface area (Å²) in [5.74, 6) is 0.286. The molecule has 0 fully saturated rings. The van der Waals surface area contributed by atoms with Gasteiger partial charge < -0.3 is 10.6 Å². The molecule has 1 unspecified atom stereocenters. The smallest absolute Gasteiger partial charge is 0.293 e. The molecule has 0 saturated carbocycles. The molecule has 1 rings (SSSR count). The van der Waals surface area contributed by atoms with Gasteiger partial charge in [-0.1, -0.05) is 6.92 Å². The van der Waals surface area contributed by atoms with E-state index >= 15 is 0 Å². The van der Waals surface area contributed by atoms with Gasteiger partial charge in [0.15, 0.2) is 9.84 Å². The summed E-state index contributed by atoms with van der Waals surface area (Å²) in [7, 11) is -1.62. The third-order valence-corrected chi connectivity index (χ3v) is 3.90. The van der Waals surface area contributed by atoms with E-state index in [4.69, 9.17) is 0 Å². The van der Waals surface area contributed by atoms with E-state index in [1.54, 1.807) is 0 Å². The number of nitrogens with zero attached hydrogens (tertiary/aromatic N) is 1. The van der Waals surface area contributed by atoms with Gasteiger partial charge in [-0.2, -0.15) is 0 Å². The van der Waals surface area contributed by atoms with Gasteiger partial charge >= 0.3 is 0 Å². The number of hydrogen-bond acceptors (Lipinski definition) is 6. The van der Waals surface area contributed by atoms with Crippen LogP contribution >= 0.6 is 0 Å². The molecule has 2 N–H and O–H groups in total. The Hall–Kier alpha value is -1.67. The minimum atomic E-state index is -3.46. The summed E-state index contributed by atoms with van der Waals surface area (Å²) < 4.78 is 22.8. The number of rotatable bonds is 7. The average molecular weight is 301 g/mol. The first-order valence-corrected chi connectivity index (χ1v) is 8.01. The molecule has 0 aromatic heterocycles. The molecule has 0 amide bonds. The van der Waals surface area contributed by atoms with Crippen molar-refractivity contribution in [1.82, 2.24) is 5.32 Å². The van der Waals surface area contributed by atoms with Crippen LogP contribution < -0.4 is 10.6 Å². The zero-order valence-corrected chi connectivity index (χ0v) is 12.5. The molecule has 1 aromatic rings. The predicted octanol–water partition coefficient (Wildman–Crippen LogP) is 1.27. The highest BCUT2D eigenvalue weighted by atomic mass is 32.2. The van der Waals surface area contributed by atoms with Crippen LogP contribution in [0, 0.1) is 16.0 Å². The Labute approximate surface area is 118 Å². The molecule has 8 heteroatoms. The Bertz CT molecular complexity index is 586. The van der Waals surface area contributed by atoms with Crippen molar-refractivity contribution in [2.45, 2.75) is 11.8 Å². The van der Waals surface area contributed by atoms with Gasteiger partial charge in [0.1, 0.15) is 5.69 Å². The topological polar surface area (TPSA) is 101 Å². The number of nitro groups is 1. The van der Waals surface area contributed by atoms with Gasteiger partial charge in [0.25, 0.3) is 5.69 Å². The molecule has 0 aliphatic heterocycles. The lowest BCUT2D eigenvalue weighted by Gasteiger charge is -2.13. The highest BCUT2D eigenvalue weighted by Gasteiger charge is 2.18. The van der Waals surface area contributed by atoms with Crippen molar-refractivity contribution in [3.8, 4) is 0 Å². The van der Waals surface area contributed by atoms with Crippen molar-refractivity contribution in [2.24, 2.45) is 5.92 Å². The zero-order chi connectivity index (χ0) is 15.3. The van der Waals surface area contributed by atoms with Crippen LogP contribution in [0.1, 0.15) is 6.92 Å². The van der Waals surface area contributed by atoms with Gasteiger partial charge in [-0.3, -0.25) is 10.1 Å². The highest BCUT2D eigenvalue weighted by molar-refractivity contribution is 7.90. The normalized spacial score (nSPS) is 12.9. The van der Waals surface area contributed by atoms with Crippen LogP contribution in [0.5, 0.6) is 0 Å². The maximum absolute atomic E-state index is 11.4. The first kappa shape index (κ1) is 16.4. The number of nitrogens with one attached hydrogen (secondary N) is 2. The van der Waals surface area contributed by atoms with Crippen LogP contribution in [0.15, 0.2) is 23.1 Å². The van der Waals surface area contributed by atoms with Gasteiger partial charge in [-0.25, -0.2) is 8.42 Å². The highest BCUT2D eigenvalue weighted by Crippen LogP contribution is 2.27. The van der Waals surface area contributed by atoms with E-state index in [9.17, 15) is 18.5 Å². The summed E-state index contributed by atoms with van der Waals surface area (Å²) in [5.41, 5.74) is 0.0925. The average Bonchev–Trinajstić information content (AvgIpc) is 2.35. The minimum absolute atomic E-state index is 0.0574. The monoisotopic (exact) mass is 301 g/mol. The Kier molecular flexibility index (Phi) is 5.46. The number of benzene rings is 1. The van der Waals surface area contributed by atoms with Crippen LogP contribution in [0.4, 0.5) is 11.4 Å². The van der Waals surface area contributed by atoms with Crippen molar-refractivity contribution in [1.29, 1.82) is 0 Å². The summed E-state index contributed by atoms with van der Waals surface area (Å²) in [4.78, 5) is 10.4. The lowest BCUT2D eigenvalue weighted by atomic mass is 10.1. The standard InChI is InChI=1S/C12H19N3O4S/c1-9(7-13-2)8-14-11-5-4-10(20(3,18)19)6-12(11)15(16)17/h4-6,9,13-14H,7-8H2,1-3H3. The molecule has 0 radical (unpaired) electrons. The zero-order valence-electron chi connectivity index (χ0n) is 11.7. The quantitative estimate of drug-likeness (QED) is 0.581. The minimum Gasteiger partial charge on any atom is -0.379 e. The van der Waals surface area contributed by atoms with E-state index in [1.807, 2.05) is 14.0 Å². The second-order valence-electron chi connectivity index (χ2n) is 4.75. The van der Waals surface area contributed by atoms with Gasteiger partial charge in [0, 0.05) is 18.9 Å². The summed E-state index contributed by atoms with van der Waals surface area (Å²) in [5, 5.41) is 17.0. The third kappa shape index (κ3) is 4.46. The van der Waals surface area contributed by atoms with E-state index in [-0.39, 0.29) is 16.5 Å². The number of nitro benzene ring substituents is 1. The van der Waals surface area contributed by atoms with Crippen molar-refractivity contribution < 1.29 is 13.3 Å². The fraction of sp³-hybridized carbons (Fsp3) is 0.500. The fourth-order valence-corrected chi connectivity index (χ4v) is 2.39. The maximum Gasteiger partial charge on any atom is 0.293 e. The van der Waals surface area contributed by atoms with Gasteiger partial charge in [0.2, 0.25) is 0 Å². The number of hydrogen-bond donors (Lipinski definition) is 2. The lowest BCUT2D eigenvalue weighted by Crippen LogP contribution is -2.23. The lowest BCUT2D eigenvalue weighted by molar-refractivity contribution is -0.384. The Morgan fingerprint density at radius 1 is 1.35 bits per heavy atom. The van der Waals surface area contributed by atoms with E-state index in [2.05, 4.69) is 10.6 Å². The molecule has 0 heterocycles. The SMILES string of the molecule is CNCC(C)CNc1ccc(S(C)(=O)=O)cc1[N+](=O)[O-]. The number of anilines is 1. The van der Waals surface area contributed by atoms with Crippen molar-refractivity contribution in [3.05, 3.63) is 28.3 Å². The van der Waals surface area contributed by atoms with Crippen molar-refractivity contribution in [2.75, 3.05) is 31.7 Å². The van der Waals surface area contributed by atoms with E-state index in [1.165, 1.54) is 12.1 Å². The molecule has 1 aromatic carbocycles. The summed E-state index contributed by atoms with van der Waals surface area (Å²) >= 11 is 0. The third-order valence-electron chi connectivity index (χ3n) is 2.79. The molecule has 1 atom stereocenters. The summed E-state index contributed by atoms with van der Waals surface area (Å²) in [6, 6.07) is 3.88. The summed E-state index contributed by atoms with van der Waals surface area (Å²) in [6.45, 7) is 3.34. The summed E-state index contributed by atoms with van der Waals surface area (Å²) in [6.07, 6.45) is 1.02.